The van der Waals surface area contributed by atoms with Crippen LogP contribution in [0, 0.1) is 5.82 Å². The summed E-state index contributed by atoms with van der Waals surface area (Å²) in [5.74, 6) is -0.335. The lowest BCUT2D eigenvalue weighted by molar-refractivity contribution is 0.102. The number of halogens is 1. The Labute approximate surface area is 211 Å². The molecule has 9 heteroatoms. The Balaban J connectivity index is 1.49. The summed E-state index contributed by atoms with van der Waals surface area (Å²) in [6.45, 7) is 5.36. The molecule has 1 aliphatic heterocycles. The lowest BCUT2D eigenvalue weighted by atomic mass is 10.0. The molecule has 1 fully saturated rings. The van der Waals surface area contributed by atoms with Crippen molar-refractivity contribution in [2.75, 3.05) is 43.5 Å². The average molecular weight is 512 g/mol. The van der Waals surface area contributed by atoms with Gasteiger partial charge >= 0.3 is 0 Å². The van der Waals surface area contributed by atoms with E-state index in [1.54, 1.807) is 19.2 Å². The molecule has 0 saturated carbocycles. The molecule has 3 aromatic rings. The molecule has 0 aliphatic carbocycles. The first-order valence-corrected chi connectivity index (χ1v) is 13.2. The van der Waals surface area contributed by atoms with E-state index in [1.165, 1.54) is 10.4 Å². The number of hydrogen-bond donors (Lipinski definition) is 1. The normalized spacial score (nSPS) is 14.6. The Kier molecular flexibility index (Phi) is 7.61. The molecule has 4 rings (SSSR count). The Hall–Kier alpha value is -3.43. The molecule has 1 heterocycles. The zero-order valence-corrected chi connectivity index (χ0v) is 21.4. The van der Waals surface area contributed by atoms with Gasteiger partial charge in [-0.1, -0.05) is 38.1 Å². The van der Waals surface area contributed by atoms with Gasteiger partial charge in [0.25, 0.3) is 5.91 Å². The standard InChI is InChI=1S/C27H30FN3O4S/c1-19(2)20-8-11-22(12-9-20)29-27(32)21-10-13-23(28)26(18-21)36(33,34)31-16-14-30(15-17-31)24-6-4-5-7-25(24)35-3/h4-13,18-19H,14-17H2,1-3H3,(H,29,32). The van der Waals surface area contributed by atoms with E-state index in [0.29, 0.717) is 30.4 Å². The number of carbonyl (C=O) groups is 1. The fourth-order valence-corrected chi connectivity index (χ4v) is 5.71. The van der Waals surface area contributed by atoms with Gasteiger partial charge in [0.15, 0.2) is 0 Å². The summed E-state index contributed by atoms with van der Waals surface area (Å²) in [6.07, 6.45) is 0. The van der Waals surface area contributed by atoms with Gasteiger partial charge in [-0.05, 0) is 53.9 Å². The van der Waals surface area contributed by atoms with E-state index < -0.39 is 26.6 Å². The maximum absolute atomic E-state index is 14.7. The highest BCUT2D eigenvalue weighted by atomic mass is 32.2. The molecule has 190 valence electrons. The maximum atomic E-state index is 14.7. The summed E-state index contributed by atoms with van der Waals surface area (Å²) >= 11 is 0. The number of nitrogens with zero attached hydrogens (tertiary/aromatic N) is 2. The average Bonchev–Trinajstić information content (AvgIpc) is 2.89. The fraction of sp³-hybridized carbons (Fsp3) is 0.296. The van der Waals surface area contributed by atoms with Gasteiger partial charge in [-0.2, -0.15) is 4.31 Å². The largest absolute Gasteiger partial charge is 0.495 e. The lowest BCUT2D eigenvalue weighted by Gasteiger charge is -2.36. The van der Waals surface area contributed by atoms with Crippen molar-refractivity contribution < 1.29 is 22.3 Å². The van der Waals surface area contributed by atoms with Crippen LogP contribution in [0.4, 0.5) is 15.8 Å². The number of rotatable bonds is 7. The van der Waals surface area contributed by atoms with Crippen molar-refractivity contribution in [3.8, 4) is 5.75 Å². The maximum Gasteiger partial charge on any atom is 0.255 e. The second kappa shape index (κ2) is 10.7. The van der Waals surface area contributed by atoms with E-state index in [2.05, 4.69) is 19.2 Å². The number of carbonyl (C=O) groups excluding carboxylic acids is 1. The molecule has 1 aliphatic rings. The third kappa shape index (κ3) is 5.37. The van der Waals surface area contributed by atoms with Crippen molar-refractivity contribution in [1.29, 1.82) is 0 Å². The van der Waals surface area contributed by atoms with Crippen LogP contribution in [0.3, 0.4) is 0 Å². The van der Waals surface area contributed by atoms with E-state index in [4.69, 9.17) is 4.74 Å². The smallest absolute Gasteiger partial charge is 0.255 e. The Morgan fingerprint density at radius 3 is 2.28 bits per heavy atom. The summed E-state index contributed by atoms with van der Waals surface area (Å²) in [6, 6.07) is 18.4. The van der Waals surface area contributed by atoms with Gasteiger partial charge in [0.05, 0.1) is 12.8 Å². The van der Waals surface area contributed by atoms with E-state index in [1.807, 2.05) is 41.3 Å². The number of amides is 1. The highest BCUT2D eigenvalue weighted by Crippen LogP contribution is 2.30. The third-order valence-electron chi connectivity index (χ3n) is 6.31. The molecular formula is C27H30FN3O4S. The molecular weight excluding hydrogens is 481 g/mol. The van der Waals surface area contributed by atoms with Crippen molar-refractivity contribution in [2.45, 2.75) is 24.7 Å². The van der Waals surface area contributed by atoms with Gasteiger partial charge in [0.2, 0.25) is 10.0 Å². The minimum atomic E-state index is -4.14. The molecule has 0 unspecified atom stereocenters. The van der Waals surface area contributed by atoms with Crippen LogP contribution < -0.4 is 15.0 Å². The summed E-state index contributed by atoms with van der Waals surface area (Å²) < 4.78 is 48.0. The van der Waals surface area contributed by atoms with Gasteiger partial charge in [-0.15, -0.1) is 0 Å². The molecule has 0 aromatic heterocycles. The second-order valence-electron chi connectivity index (χ2n) is 8.94. The number of hydrogen-bond acceptors (Lipinski definition) is 5. The van der Waals surface area contributed by atoms with Crippen LogP contribution >= 0.6 is 0 Å². The van der Waals surface area contributed by atoms with Crippen LogP contribution in [0.2, 0.25) is 0 Å². The Bertz CT molecular complexity index is 1340. The summed E-state index contributed by atoms with van der Waals surface area (Å²) in [4.78, 5) is 14.3. The number of sulfonamides is 1. The molecule has 36 heavy (non-hydrogen) atoms. The van der Waals surface area contributed by atoms with Crippen LogP contribution in [-0.2, 0) is 10.0 Å². The fourth-order valence-electron chi connectivity index (χ4n) is 4.20. The quantitative estimate of drug-likeness (QED) is 0.497. The van der Waals surface area contributed by atoms with Gasteiger partial charge in [0.1, 0.15) is 16.5 Å². The zero-order valence-electron chi connectivity index (χ0n) is 20.6. The van der Waals surface area contributed by atoms with Crippen molar-refractivity contribution >= 4 is 27.3 Å². The molecule has 0 bridgehead atoms. The zero-order chi connectivity index (χ0) is 25.9. The molecule has 3 aromatic carbocycles. The number of ether oxygens (including phenoxy) is 1. The Morgan fingerprint density at radius 2 is 1.64 bits per heavy atom. The van der Waals surface area contributed by atoms with Crippen LogP contribution in [0.25, 0.3) is 0 Å². The molecule has 1 amide bonds. The molecule has 7 nitrogen and oxygen atoms in total. The lowest BCUT2D eigenvalue weighted by Crippen LogP contribution is -2.48. The first-order valence-electron chi connectivity index (χ1n) is 11.8. The molecule has 0 radical (unpaired) electrons. The Morgan fingerprint density at radius 1 is 0.972 bits per heavy atom. The summed E-state index contributed by atoms with van der Waals surface area (Å²) in [5, 5.41) is 2.75. The number of anilines is 2. The van der Waals surface area contributed by atoms with E-state index in [9.17, 15) is 17.6 Å². The van der Waals surface area contributed by atoms with Crippen molar-refractivity contribution in [1.82, 2.24) is 4.31 Å². The number of nitrogens with one attached hydrogen (secondary N) is 1. The van der Waals surface area contributed by atoms with Crippen molar-refractivity contribution in [3.63, 3.8) is 0 Å². The van der Waals surface area contributed by atoms with E-state index in [0.717, 1.165) is 23.4 Å². The molecule has 1 N–H and O–H groups in total. The monoisotopic (exact) mass is 511 g/mol. The minimum Gasteiger partial charge on any atom is -0.495 e. The van der Waals surface area contributed by atoms with E-state index >= 15 is 0 Å². The van der Waals surface area contributed by atoms with Crippen LogP contribution in [-0.4, -0.2) is 51.9 Å². The number of piperazine rings is 1. The number of benzene rings is 3. The first-order chi connectivity index (χ1) is 17.2. The van der Waals surface area contributed by atoms with Crippen LogP contribution in [0.5, 0.6) is 5.75 Å². The van der Waals surface area contributed by atoms with E-state index in [-0.39, 0.29) is 18.7 Å². The van der Waals surface area contributed by atoms with Crippen LogP contribution in [0.1, 0.15) is 35.7 Å². The summed E-state index contributed by atoms with van der Waals surface area (Å²) in [7, 11) is -2.55. The van der Waals surface area contributed by atoms with Gasteiger partial charge in [0, 0.05) is 37.4 Å². The predicted molar refractivity (Wildman–Crippen MR) is 139 cm³/mol. The highest BCUT2D eigenvalue weighted by Gasteiger charge is 2.32. The predicted octanol–water partition coefficient (Wildman–Crippen LogP) is 4.72. The number of para-hydroxylation sites is 2. The molecule has 0 spiro atoms. The minimum absolute atomic E-state index is 0.0653. The van der Waals surface area contributed by atoms with Gasteiger partial charge in [-0.3, -0.25) is 4.79 Å². The third-order valence-corrected chi connectivity index (χ3v) is 8.22. The molecule has 0 atom stereocenters. The SMILES string of the molecule is COc1ccccc1N1CCN(S(=O)(=O)c2cc(C(=O)Nc3ccc(C(C)C)cc3)ccc2F)CC1. The van der Waals surface area contributed by atoms with Gasteiger partial charge in [-0.25, -0.2) is 12.8 Å². The summed E-state index contributed by atoms with van der Waals surface area (Å²) in [5.41, 5.74) is 2.65. The molecule has 1 saturated heterocycles. The topological polar surface area (TPSA) is 79.0 Å². The van der Waals surface area contributed by atoms with Crippen molar-refractivity contribution in [3.05, 3.63) is 83.7 Å². The second-order valence-corrected chi connectivity index (χ2v) is 10.8. The van der Waals surface area contributed by atoms with Crippen LogP contribution in [0.15, 0.2) is 71.6 Å². The van der Waals surface area contributed by atoms with Crippen molar-refractivity contribution in [2.24, 2.45) is 0 Å². The first kappa shape index (κ1) is 25.7. The highest BCUT2D eigenvalue weighted by molar-refractivity contribution is 7.89. The van der Waals surface area contributed by atoms with Gasteiger partial charge < -0.3 is 15.0 Å². The number of methoxy groups -OCH3 is 1.